The fourth-order valence-corrected chi connectivity index (χ4v) is 4.30. The van der Waals surface area contributed by atoms with Crippen molar-refractivity contribution < 1.29 is 13.5 Å². The van der Waals surface area contributed by atoms with E-state index in [0.29, 0.717) is 18.0 Å². The van der Waals surface area contributed by atoms with Gasteiger partial charge in [-0.15, -0.1) is 0 Å². The van der Waals surface area contributed by atoms with Gasteiger partial charge in [0.25, 0.3) is 0 Å². The van der Waals surface area contributed by atoms with Crippen LogP contribution in [0.15, 0.2) is 23.4 Å². The Kier molecular flexibility index (Phi) is 4.99. The molecule has 1 aromatic heterocycles. The molecule has 0 aliphatic carbocycles. The number of sulfonamides is 1. The average Bonchev–Trinajstić information content (AvgIpc) is 2.48. The minimum absolute atomic E-state index is 0.0177. The lowest BCUT2D eigenvalue weighted by atomic mass is 9.94. The fourth-order valence-electron chi connectivity index (χ4n) is 2.54. The SMILES string of the molecule is CC1CCCN(S(=O)(=O)c2cncc(C#CCO)c2)C1C. The molecular formula is C15H20N2O3S. The van der Waals surface area contributed by atoms with Crippen molar-refractivity contribution in [3.63, 3.8) is 0 Å². The maximum absolute atomic E-state index is 12.8. The van der Waals surface area contributed by atoms with Crippen molar-refractivity contribution in [1.82, 2.24) is 9.29 Å². The molecule has 0 radical (unpaired) electrons. The summed E-state index contributed by atoms with van der Waals surface area (Å²) < 4.78 is 27.1. The molecule has 0 saturated carbocycles. The molecule has 1 N–H and O–H groups in total. The van der Waals surface area contributed by atoms with Crippen LogP contribution in [0.4, 0.5) is 0 Å². The van der Waals surface area contributed by atoms with E-state index in [1.165, 1.54) is 18.5 Å². The molecule has 6 heteroatoms. The van der Waals surface area contributed by atoms with Crippen molar-refractivity contribution in [2.24, 2.45) is 5.92 Å². The van der Waals surface area contributed by atoms with Crippen molar-refractivity contribution in [2.45, 2.75) is 37.6 Å². The molecule has 0 aromatic carbocycles. The van der Waals surface area contributed by atoms with E-state index >= 15 is 0 Å². The zero-order valence-electron chi connectivity index (χ0n) is 12.3. The molecule has 1 saturated heterocycles. The molecule has 2 rings (SSSR count). The van der Waals surface area contributed by atoms with Gasteiger partial charge in [0.15, 0.2) is 0 Å². The number of piperidine rings is 1. The van der Waals surface area contributed by atoms with Crippen LogP contribution in [-0.2, 0) is 10.0 Å². The smallest absolute Gasteiger partial charge is 0.244 e. The zero-order chi connectivity index (χ0) is 15.5. The van der Waals surface area contributed by atoms with E-state index in [-0.39, 0.29) is 17.5 Å². The van der Waals surface area contributed by atoms with Crippen molar-refractivity contribution in [3.8, 4) is 11.8 Å². The summed E-state index contributed by atoms with van der Waals surface area (Å²) in [5.41, 5.74) is 0.489. The third kappa shape index (κ3) is 3.43. The van der Waals surface area contributed by atoms with Gasteiger partial charge in [-0.3, -0.25) is 4.98 Å². The van der Waals surface area contributed by atoms with Crippen molar-refractivity contribution in [1.29, 1.82) is 0 Å². The first-order chi connectivity index (χ1) is 9.96. The van der Waals surface area contributed by atoms with Gasteiger partial charge >= 0.3 is 0 Å². The summed E-state index contributed by atoms with van der Waals surface area (Å²) in [5, 5.41) is 8.70. The maximum atomic E-state index is 12.8. The summed E-state index contributed by atoms with van der Waals surface area (Å²) in [5.74, 6) is 5.53. The largest absolute Gasteiger partial charge is 0.384 e. The topological polar surface area (TPSA) is 70.5 Å². The highest BCUT2D eigenvalue weighted by atomic mass is 32.2. The monoisotopic (exact) mass is 308 g/mol. The van der Waals surface area contributed by atoms with Gasteiger partial charge in [-0.05, 0) is 31.7 Å². The van der Waals surface area contributed by atoms with Crippen LogP contribution < -0.4 is 0 Å². The molecule has 21 heavy (non-hydrogen) atoms. The predicted molar refractivity (Wildman–Crippen MR) is 80.0 cm³/mol. The molecule has 2 heterocycles. The summed E-state index contributed by atoms with van der Waals surface area (Å²) in [4.78, 5) is 4.11. The van der Waals surface area contributed by atoms with E-state index in [2.05, 4.69) is 23.7 Å². The molecule has 1 aliphatic heterocycles. The van der Waals surface area contributed by atoms with E-state index in [4.69, 9.17) is 5.11 Å². The summed E-state index contributed by atoms with van der Waals surface area (Å²) in [6, 6.07) is 1.49. The van der Waals surface area contributed by atoms with Crippen molar-refractivity contribution in [3.05, 3.63) is 24.0 Å². The molecule has 0 spiro atoms. The third-order valence-corrected chi connectivity index (χ3v) is 5.90. The first-order valence-electron chi connectivity index (χ1n) is 7.03. The summed E-state index contributed by atoms with van der Waals surface area (Å²) >= 11 is 0. The standard InChI is InChI=1S/C15H20N2O3S/c1-12-5-3-7-17(13(12)2)21(19,20)15-9-14(6-4-8-18)10-16-11-15/h9-13,18H,3,5,7-8H2,1-2H3. The lowest BCUT2D eigenvalue weighted by Crippen LogP contribution is -2.45. The van der Waals surface area contributed by atoms with E-state index in [1.54, 1.807) is 4.31 Å². The van der Waals surface area contributed by atoms with Gasteiger partial charge in [0, 0.05) is 30.5 Å². The average molecular weight is 308 g/mol. The number of aliphatic hydroxyl groups excluding tert-OH is 1. The van der Waals surface area contributed by atoms with Crippen LogP contribution in [0.5, 0.6) is 0 Å². The first-order valence-corrected chi connectivity index (χ1v) is 8.47. The fraction of sp³-hybridized carbons (Fsp3) is 0.533. The van der Waals surface area contributed by atoms with Crippen LogP contribution in [0.25, 0.3) is 0 Å². The number of hydrogen-bond donors (Lipinski definition) is 1. The summed E-state index contributed by atoms with van der Waals surface area (Å²) in [6.07, 6.45) is 4.77. The van der Waals surface area contributed by atoms with Crippen LogP contribution in [0, 0.1) is 17.8 Å². The van der Waals surface area contributed by atoms with Gasteiger partial charge in [-0.2, -0.15) is 4.31 Å². The highest BCUT2D eigenvalue weighted by Gasteiger charge is 2.34. The Labute approximate surface area is 126 Å². The number of aliphatic hydroxyl groups is 1. The third-order valence-electron chi connectivity index (χ3n) is 3.95. The minimum Gasteiger partial charge on any atom is -0.384 e. The van der Waals surface area contributed by atoms with Crippen molar-refractivity contribution in [2.75, 3.05) is 13.2 Å². The van der Waals surface area contributed by atoms with E-state index < -0.39 is 10.0 Å². The van der Waals surface area contributed by atoms with Crippen molar-refractivity contribution >= 4 is 10.0 Å². The summed E-state index contributed by atoms with van der Waals surface area (Å²) in [6.45, 7) is 4.30. The quantitative estimate of drug-likeness (QED) is 0.834. The molecule has 0 amide bonds. The lowest BCUT2D eigenvalue weighted by Gasteiger charge is -2.36. The number of rotatable bonds is 2. The Morgan fingerprint density at radius 2 is 2.19 bits per heavy atom. The van der Waals surface area contributed by atoms with Gasteiger partial charge in [0.1, 0.15) is 11.5 Å². The molecule has 1 fully saturated rings. The number of hydrogen-bond acceptors (Lipinski definition) is 4. The second-order valence-corrected chi connectivity index (χ2v) is 7.24. The van der Waals surface area contributed by atoms with Crippen LogP contribution >= 0.6 is 0 Å². The highest BCUT2D eigenvalue weighted by molar-refractivity contribution is 7.89. The van der Waals surface area contributed by atoms with Gasteiger partial charge < -0.3 is 5.11 Å². The van der Waals surface area contributed by atoms with Crippen LogP contribution in [0.1, 0.15) is 32.3 Å². The Balaban J connectivity index is 2.35. The van der Waals surface area contributed by atoms with Gasteiger partial charge in [-0.1, -0.05) is 18.8 Å². The van der Waals surface area contributed by atoms with E-state index in [9.17, 15) is 8.42 Å². The summed E-state index contributed by atoms with van der Waals surface area (Å²) in [7, 11) is -3.55. The zero-order valence-corrected chi connectivity index (χ0v) is 13.1. The molecule has 1 aromatic rings. The van der Waals surface area contributed by atoms with E-state index in [1.807, 2.05) is 6.92 Å². The maximum Gasteiger partial charge on any atom is 0.244 e. The Morgan fingerprint density at radius 3 is 2.90 bits per heavy atom. The van der Waals surface area contributed by atoms with Gasteiger partial charge in [0.2, 0.25) is 10.0 Å². The van der Waals surface area contributed by atoms with Crippen LogP contribution in [0.2, 0.25) is 0 Å². The van der Waals surface area contributed by atoms with Crippen LogP contribution in [-0.4, -0.2) is 42.0 Å². The number of pyridine rings is 1. The lowest BCUT2D eigenvalue weighted by molar-refractivity contribution is 0.202. The van der Waals surface area contributed by atoms with E-state index in [0.717, 1.165) is 12.8 Å². The van der Waals surface area contributed by atoms with Crippen LogP contribution in [0.3, 0.4) is 0 Å². The van der Waals surface area contributed by atoms with Gasteiger partial charge in [-0.25, -0.2) is 8.42 Å². The molecule has 114 valence electrons. The highest BCUT2D eigenvalue weighted by Crippen LogP contribution is 2.28. The molecule has 0 bridgehead atoms. The molecule has 5 nitrogen and oxygen atoms in total. The molecule has 1 aliphatic rings. The normalized spacial score (nSPS) is 23.4. The van der Waals surface area contributed by atoms with Gasteiger partial charge in [0.05, 0.1) is 0 Å². The molecule has 2 atom stereocenters. The second-order valence-electron chi connectivity index (χ2n) is 5.35. The Hall–Kier alpha value is -1.42. The number of aromatic nitrogens is 1. The second kappa shape index (κ2) is 6.56. The number of nitrogens with zero attached hydrogens (tertiary/aromatic N) is 2. The molecular weight excluding hydrogens is 288 g/mol. The predicted octanol–water partition coefficient (Wildman–Crippen LogP) is 1.23. The Bertz CT molecular complexity index is 661. The Morgan fingerprint density at radius 1 is 1.43 bits per heavy atom. The molecule has 2 unspecified atom stereocenters. The first kappa shape index (κ1) is 16.0. The minimum atomic E-state index is -3.55.